The largest absolute Gasteiger partial charge is 0.355 e. The van der Waals surface area contributed by atoms with Gasteiger partial charge in [0.2, 0.25) is 11.9 Å². The number of hydrogen-bond acceptors (Lipinski definition) is 3. The van der Waals surface area contributed by atoms with Gasteiger partial charge in [0.25, 0.3) is 5.91 Å². The molecule has 1 rings (SSSR count). The second kappa shape index (κ2) is 5.79. The van der Waals surface area contributed by atoms with E-state index in [1.807, 2.05) is 0 Å². The van der Waals surface area contributed by atoms with Crippen LogP contribution in [0, 0.1) is 5.95 Å². The van der Waals surface area contributed by atoms with E-state index in [-0.39, 0.29) is 18.0 Å². The van der Waals surface area contributed by atoms with Crippen molar-refractivity contribution in [3.63, 3.8) is 0 Å². The minimum absolute atomic E-state index is 0.174. The second-order valence-corrected chi connectivity index (χ2v) is 2.98. The van der Waals surface area contributed by atoms with Crippen molar-refractivity contribution in [2.45, 2.75) is 6.92 Å². The Morgan fingerprint density at radius 3 is 2.81 bits per heavy atom. The van der Waals surface area contributed by atoms with E-state index in [9.17, 15) is 14.0 Å². The number of nitrogens with one attached hydrogen (secondary N) is 2. The third-order valence-electron chi connectivity index (χ3n) is 1.79. The molecule has 16 heavy (non-hydrogen) atoms. The van der Waals surface area contributed by atoms with E-state index in [2.05, 4.69) is 15.6 Å². The van der Waals surface area contributed by atoms with Gasteiger partial charge in [-0.25, -0.2) is 4.98 Å². The summed E-state index contributed by atoms with van der Waals surface area (Å²) in [6.07, 6.45) is 1.25. The summed E-state index contributed by atoms with van der Waals surface area (Å²) in [5.74, 6) is -1.83. The van der Waals surface area contributed by atoms with Crippen LogP contribution in [-0.2, 0) is 4.79 Å². The molecule has 1 aromatic rings. The fourth-order valence-electron chi connectivity index (χ4n) is 1.07. The zero-order chi connectivity index (χ0) is 12.0. The molecule has 0 saturated heterocycles. The van der Waals surface area contributed by atoms with E-state index in [1.165, 1.54) is 18.3 Å². The highest BCUT2D eigenvalue weighted by Crippen LogP contribution is 2.01. The smallest absolute Gasteiger partial charge is 0.256 e. The van der Waals surface area contributed by atoms with Gasteiger partial charge < -0.3 is 10.6 Å². The van der Waals surface area contributed by atoms with Gasteiger partial charge in [-0.2, -0.15) is 4.39 Å². The summed E-state index contributed by atoms with van der Waals surface area (Å²) < 4.78 is 13.0. The molecule has 0 bridgehead atoms. The average molecular weight is 225 g/mol. The molecular formula is C10H12FN3O2. The predicted molar refractivity (Wildman–Crippen MR) is 55.2 cm³/mol. The van der Waals surface area contributed by atoms with E-state index < -0.39 is 11.9 Å². The Hall–Kier alpha value is -1.98. The van der Waals surface area contributed by atoms with Crippen LogP contribution >= 0.6 is 0 Å². The molecule has 1 aromatic heterocycles. The number of aromatic nitrogens is 1. The Kier molecular flexibility index (Phi) is 4.38. The first-order valence-corrected chi connectivity index (χ1v) is 4.80. The van der Waals surface area contributed by atoms with Crippen molar-refractivity contribution < 1.29 is 14.0 Å². The maximum atomic E-state index is 13.0. The van der Waals surface area contributed by atoms with E-state index in [4.69, 9.17) is 0 Å². The second-order valence-electron chi connectivity index (χ2n) is 2.98. The van der Waals surface area contributed by atoms with Crippen molar-refractivity contribution in [2.75, 3.05) is 13.1 Å². The predicted octanol–water partition coefficient (Wildman–Crippen LogP) is 0.0866. The number of likely N-dealkylation sites (N-methyl/N-ethyl adjacent to an activating group) is 1. The first-order valence-electron chi connectivity index (χ1n) is 4.80. The zero-order valence-electron chi connectivity index (χ0n) is 8.79. The summed E-state index contributed by atoms with van der Waals surface area (Å²) in [6.45, 7) is 2.07. The molecule has 0 aliphatic carbocycles. The van der Waals surface area contributed by atoms with Crippen LogP contribution in [-0.4, -0.2) is 29.9 Å². The molecule has 0 unspecified atom stereocenters. The molecule has 1 heterocycles. The molecule has 2 amide bonds. The lowest BCUT2D eigenvalue weighted by Crippen LogP contribution is -2.37. The summed E-state index contributed by atoms with van der Waals surface area (Å²) in [5, 5.41) is 4.80. The molecular weight excluding hydrogens is 213 g/mol. The van der Waals surface area contributed by atoms with Gasteiger partial charge in [-0.15, -0.1) is 0 Å². The fraction of sp³-hybridized carbons (Fsp3) is 0.300. The number of carbonyl (C=O) groups is 2. The molecule has 0 spiro atoms. The van der Waals surface area contributed by atoms with E-state index in [1.54, 1.807) is 6.92 Å². The highest BCUT2D eigenvalue weighted by molar-refractivity contribution is 5.96. The molecule has 86 valence electrons. The third-order valence-corrected chi connectivity index (χ3v) is 1.79. The van der Waals surface area contributed by atoms with Gasteiger partial charge >= 0.3 is 0 Å². The van der Waals surface area contributed by atoms with Gasteiger partial charge in [-0.05, 0) is 19.1 Å². The van der Waals surface area contributed by atoms with Crippen molar-refractivity contribution in [2.24, 2.45) is 0 Å². The van der Waals surface area contributed by atoms with Crippen LogP contribution in [0.1, 0.15) is 17.3 Å². The van der Waals surface area contributed by atoms with Crippen LogP contribution in [0.15, 0.2) is 18.3 Å². The Balaban J connectivity index is 2.54. The monoisotopic (exact) mass is 225 g/mol. The number of halogens is 1. The maximum Gasteiger partial charge on any atom is 0.256 e. The first kappa shape index (κ1) is 12.1. The Morgan fingerprint density at radius 2 is 2.19 bits per heavy atom. The third kappa shape index (κ3) is 3.30. The van der Waals surface area contributed by atoms with E-state index in [0.29, 0.717) is 6.54 Å². The number of carbonyl (C=O) groups excluding carboxylic acids is 2. The maximum absolute atomic E-state index is 13.0. The topological polar surface area (TPSA) is 71.1 Å². The highest BCUT2D eigenvalue weighted by atomic mass is 19.1. The molecule has 2 N–H and O–H groups in total. The molecule has 0 aliphatic heterocycles. The van der Waals surface area contributed by atoms with Crippen LogP contribution in [0.5, 0.6) is 0 Å². The quantitative estimate of drug-likeness (QED) is 0.713. The molecule has 6 heteroatoms. The van der Waals surface area contributed by atoms with Gasteiger partial charge in [0.15, 0.2) is 0 Å². The SMILES string of the molecule is CCNC(=O)CNC(=O)c1cccnc1F. The minimum Gasteiger partial charge on any atom is -0.355 e. The normalized spacial score (nSPS) is 9.62. The van der Waals surface area contributed by atoms with Gasteiger partial charge in [0, 0.05) is 12.7 Å². The molecule has 0 saturated carbocycles. The molecule has 0 radical (unpaired) electrons. The average Bonchev–Trinajstić information content (AvgIpc) is 2.27. The summed E-state index contributed by atoms with van der Waals surface area (Å²) >= 11 is 0. The van der Waals surface area contributed by atoms with E-state index in [0.717, 1.165) is 0 Å². The van der Waals surface area contributed by atoms with Crippen molar-refractivity contribution in [1.82, 2.24) is 15.6 Å². The molecule has 0 aliphatic rings. The molecule has 0 atom stereocenters. The number of rotatable bonds is 4. The van der Waals surface area contributed by atoms with Crippen molar-refractivity contribution in [3.05, 3.63) is 29.8 Å². The highest BCUT2D eigenvalue weighted by Gasteiger charge is 2.12. The first-order chi connectivity index (χ1) is 7.65. The Morgan fingerprint density at radius 1 is 1.44 bits per heavy atom. The van der Waals surface area contributed by atoms with Crippen molar-refractivity contribution >= 4 is 11.8 Å². The lowest BCUT2D eigenvalue weighted by molar-refractivity contribution is -0.120. The summed E-state index contributed by atoms with van der Waals surface area (Å²) in [5.41, 5.74) is -0.174. The Bertz CT molecular complexity index is 395. The van der Waals surface area contributed by atoms with Crippen LogP contribution in [0.25, 0.3) is 0 Å². The van der Waals surface area contributed by atoms with Crippen LogP contribution in [0.2, 0.25) is 0 Å². The number of nitrogens with zero attached hydrogens (tertiary/aromatic N) is 1. The van der Waals surface area contributed by atoms with Gasteiger partial charge in [-0.1, -0.05) is 0 Å². The van der Waals surface area contributed by atoms with Crippen LogP contribution in [0.4, 0.5) is 4.39 Å². The fourth-order valence-corrected chi connectivity index (χ4v) is 1.07. The lowest BCUT2D eigenvalue weighted by atomic mass is 10.2. The standard InChI is InChI=1S/C10H12FN3O2/c1-2-12-8(15)6-14-10(16)7-4-3-5-13-9(7)11/h3-5H,2,6H2,1H3,(H,12,15)(H,14,16). The molecule has 0 aromatic carbocycles. The van der Waals surface area contributed by atoms with Crippen molar-refractivity contribution in [3.8, 4) is 0 Å². The van der Waals surface area contributed by atoms with Gasteiger partial charge in [0.05, 0.1) is 12.1 Å². The van der Waals surface area contributed by atoms with Crippen LogP contribution in [0.3, 0.4) is 0 Å². The van der Waals surface area contributed by atoms with Gasteiger partial charge in [-0.3, -0.25) is 9.59 Å². The lowest BCUT2D eigenvalue weighted by Gasteiger charge is -2.05. The number of hydrogen-bond donors (Lipinski definition) is 2. The minimum atomic E-state index is -0.851. The number of amides is 2. The van der Waals surface area contributed by atoms with Crippen molar-refractivity contribution in [1.29, 1.82) is 0 Å². The van der Waals surface area contributed by atoms with Gasteiger partial charge in [0.1, 0.15) is 0 Å². The Labute approximate surface area is 92.1 Å². The van der Waals surface area contributed by atoms with Crippen LogP contribution < -0.4 is 10.6 Å². The zero-order valence-corrected chi connectivity index (χ0v) is 8.79. The summed E-state index contributed by atoms with van der Waals surface area (Å²) in [7, 11) is 0. The number of pyridine rings is 1. The summed E-state index contributed by atoms with van der Waals surface area (Å²) in [4.78, 5) is 25.8. The molecule has 0 fully saturated rings. The molecule has 5 nitrogen and oxygen atoms in total. The summed E-state index contributed by atoms with van der Waals surface area (Å²) in [6, 6.07) is 2.75. The van der Waals surface area contributed by atoms with E-state index >= 15 is 0 Å².